The Morgan fingerprint density at radius 3 is 2.61 bits per heavy atom. The van der Waals surface area contributed by atoms with E-state index >= 15 is 0 Å². The van der Waals surface area contributed by atoms with Crippen LogP contribution in [0.2, 0.25) is 0 Å². The van der Waals surface area contributed by atoms with Gasteiger partial charge < -0.3 is 10.2 Å². The molecule has 1 atom stereocenters. The summed E-state index contributed by atoms with van der Waals surface area (Å²) in [5.74, 6) is 1.34. The highest BCUT2D eigenvalue weighted by atomic mass is 32.2. The van der Waals surface area contributed by atoms with Gasteiger partial charge >= 0.3 is 0 Å². The van der Waals surface area contributed by atoms with Crippen LogP contribution in [0.25, 0.3) is 0 Å². The summed E-state index contributed by atoms with van der Waals surface area (Å²) in [5, 5.41) is 2.97. The van der Waals surface area contributed by atoms with Crippen LogP contribution in [0.15, 0.2) is 30.3 Å². The number of thioether (sulfide) groups is 1. The fraction of sp³-hybridized carbons (Fsp3) is 0.556. The van der Waals surface area contributed by atoms with Crippen molar-refractivity contribution in [2.45, 2.75) is 39.7 Å². The molecule has 1 aliphatic heterocycles. The van der Waals surface area contributed by atoms with Gasteiger partial charge in [0.1, 0.15) is 6.04 Å². The summed E-state index contributed by atoms with van der Waals surface area (Å²) >= 11 is 1.65. The first-order chi connectivity index (χ1) is 10.9. The molecule has 1 aromatic rings. The van der Waals surface area contributed by atoms with Crippen LogP contribution in [0.5, 0.6) is 0 Å². The Kier molecular flexibility index (Phi) is 6.10. The molecule has 0 aromatic heterocycles. The van der Waals surface area contributed by atoms with Crippen LogP contribution in [0.3, 0.4) is 0 Å². The zero-order chi connectivity index (χ0) is 16.9. The summed E-state index contributed by atoms with van der Waals surface area (Å²) in [6, 6.07) is 9.75. The van der Waals surface area contributed by atoms with Crippen LogP contribution in [-0.4, -0.2) is 40.9 Å². The van der Waals surface area contributed by atoms with Gasteiger partial charge in [0.15, 0.2) is 0 Å². The van der Waals surface area contributed by atoms with Crippen molar-refractivity contribution in [1.29, 1.82) is 0 Å². The lowest BCUT2D eigenvalue weighted by Gasteiger charge is -2.26. The van der Waals surface area contributed by atoms with Gasteiger partial charge in [0, 0.05) is 18.7 Å². The molecule has 1 unspecified atom stereocenters. The van der Waals surface area contributed by atoms with Crippen LogP contribution in [0.4, 0.5) is 0 Å². The molecule has 1 aromatic carbocycles. The Labute approximate surface area is 143 Å². The highest BCUT2D eigenvalue weighted by molar-refractivity contribution is 7.99. The van der Waals surface area contributed by atoms with Crippen molar-refractivity contribution in [3.05, 3.63) is 35.9 Å². The molecule has 5 heteroatoms. The maximum absolute atomic E-state index is 12.4. The lowest BCUT2D eigenvalue weighted by atomic mass is 9.91. The molecule has 0 saturated carbocycles. The van der Waals surface area contributed by atoms with E-state index in [0.29, 0.717) is 24.6 Å². The van der Waals surface area contributed by atoms with Gasteiger partial charge in [0.05, 0.1) is 5.88 Å². The predicted octanol–water partition coefficient (Wildman–Crippen LogP) is 2.68. The minimum atomic E-state index is -0.328. The molecule has 2 amide bonds. The van der Waals surface area contributed by atoms with Crippen LogP contribution < -0.4 is 5.32 Å². The molecule has 126 valence electrons. The Morgan fingerprint density at radius 2 is 1.96 bits per heavy atom. The fourth-order valence-electron chi connectivity index (χ4n) is 2.55. The van der Waals surface area contributed by atoms with Crippen LogP contribution in [0.1, 0.15) is 32.8 Å². The summed E-state index contributed by atoms with van der Waals surface area (Å²) in [4.78, 5) is 26.5. The largest absolute Gasteiger partial charge is 0.354 e. The lowest BCUT2D eigenvalue weighted by Crippen LogP contribution is -2.48. The molecule has 2 rings (SSSR count). The molecule has 1 N–H and O–H groups in total. The van der Waals surface area contributed by atoms with Gasteiger partial charge in [-0.3, -0.25) is 9.59 Å². The number of benzene rings is 1. The van der Waals surface area contributed by atoms with Crippen molar-refractivity contribution >= 4 is 23.6 Å². The number of nitrogens with zero attached hydrogens (tertiary/aromatic N) is 1. The highest BCUT2D eigenvalue weighted by Crippen LogP contribution is 2.26. The Balaban J connectivity index is 1.84. The smallest absolute Gasteiger partial charge is 0.243 e. The topological polar surface area (TPSA) is 49.4 Å². The number of hydrogen-bond donors (Lipinski definition) is 1. The SMILES string of the molecule is CC(C)(C)CC(=O)N1CSCC1C(=O)NCCc1ccccc1. The number of amides is 2. The second-order valence-corrected chi connectivity index (χ2v) is 8.14. The van der Waals surface area contributed by atoms with E-state index in [0.717, 1.165) is 6.42 Å². The Bertz CT molecular complexity index is 540. The molecule has 23 heavy (non-hydrogen) atoms. The van der Waals surface area contributed by atoms with Crippen molar-refractivity contribution in [2.24, 2.45) is 5.41 Å². The summed E-state index contributed by atoms with van der Waals surface area (Å²) in [7, 11) is 0. The molecule has 1 aliphatic rings. The van der Waals surface area contributed by atoms with E-state index in [1.807, 2.05) is 39.0 Å². The quantitative estimate of drug-likeness (QED) is 0.901. The predicted molar refractivity (Wildman–Crippen MR) is 95.2 cm³/mol. The molecule has 0 bridgehead atoms. The molecule has 0 spiro atoms. The van der Waals surface area contributed by atoms with Crippen LogP contribution in [-0.2, 0) is 16.0 Å². The Hall–Kier alpha value is -1.49. The third-order valence-electron chi connectivity index (χ3n) is 3.74. The van der Waals surface area contributed by atoms with Gasteiger partial charge in [0.2, 0.25) is 11.8 Å². The number of rotatable bonds is 5. The number of nitrogens with one attached hydrogen (secondary N) is 1. The van der Waals surface area contributed by atoms with E-state index in [4.69, 9.17) is 0 Å². The van der Waals surface area contributed by atoms with Crippen molar-refractivity contribution in [2.75, 3.05) is 18.2 Å². The summed E-state index contributed by atoms with van der Waals surface area (Å²) in [5.41, 5.74) is 1.15. The molecular formula is C18H26N2O2S. The monoisotopic (exact) mass is 334 g/mol. The van der Waals surface area contributed by atoms with Gasteiger partial charge in [0.25, 0.3) is 0 Å². The zero-order valence-corrected chi connectivity index (χ0v) is 15.0. The first-order valence-electron chi connectivity index (χ1n) is 8.06. The molecule has 4 nitrogen and oxygen atoms in total. The van der Waals surface area contributed by atoms with E-state index in [-0.39, 0.29) is 23.3 Å². The Morgan fingerprint density at radius 1 is 1.26 bits per heavy atom. The number of carbonyl (C=O) groups excluding carboxylic acids is 2. The van der Waals surface area contributed by atoms with E-state index in [1.54, 1.807) is 16.7 Å². The van der Waals surface area contributed by atoms with Crippen molar-refractivity contribution in [3.63, 3.8) is 0 Å². The number of hydrogen-bond acceptors (Lipinski definition) is 3. The van der Waals surface area contributed by atoms with Gasteiger partial charge in [-0.15, -0.1) is 11.8 Å². The van der Waals surface area contributed by atoms with Gasteiger partial charge in [-0.1, -0.05) is 51.1 Å². The summed E-state index contributed by atoms with van der Waals surface area (Å²) < 4.78 is 0. The van der Waals surface area contributed by atoms with Crippen molar-refractivity contribution in [1.82, 2.24) is 10.2 Å². The van der Waals surface area contributed by atoms with Crippen molar-refractivity contribution < 1.29 is 9.59 Å². The van der Waals surface area contributed by atoms with E-state index in [1.165, 1.54) is 5.56 Å². The normalized spacial score (nSPS) is 18.0. The van der Waals surface area contributed by atoms with Crippen molar-refractivity contribution in [3.8, 4) is 0 Å². The highest BCUT2D eigenvalue weighted by Gasteiger charge is 2.35. The van der Waals surface area contributed by atoms with Gasteiger partial charge in [-0.2, -0.15) is 0 Å². The molecule has 0 radical (unpaired) electrons. The number of carbonyl (C=O) groups is 2. The van der Waals surface area contributed by atoms with Crippen LogP contribution in [0, 0.1) is 5.41 Å². The molecule has 1 saturated heterocycles. The maximum Gasteiger partial charge on any atom is 0.243 e. The first kappa shape index (κ1) is 17.9. The fourth-order valence-corrected chi connectivity index (χ4v) is 3.73. The average molecular weight is 334 g/mol. The van der Waals surface area contributed by atoms with Gasteiger partial charge in [-0.05, 0) is 17.4 Å². The van der Waals surface area contributed by atoms with E-state index in [2.05, 4.69) is 17.4 Å². The summed E-state index contributed by atoms with van der Waals surface area (Å²) in [6.45, 7) is 6.74. The second-order valence-electron chi connectivity index (χ2n) is 7.14. The first-order valence-corrected chi connectivity index (χ1v) is 9.21. The zero-order valence-electron chi connectivity index (χ0n) is 14.2. The second kappa shape index (κ2) is 7.86. The van der Waals surface area contributed by atoms with E-state index in [9.17, 15) is 9.59 Å². The molecule has 1 fully saturated rings. The summed E-state index contributed by atoms with van der Waals surface area (Å²) in [6.07, 6.45) is 1.28. The maximum atomic E-state index is 12.4. The third kappa shape index (κ3) is 5.57. The lowest BCUT2D eigenvalue weighted by molar-refractivity contribution is -0.139. The van der Waals surface area contributed by atoms with Gasteiger partial charge in [-0.25, -0.2) is 0 Å². The third-order valence-corrected chi connectivity index (χ3v) is 4.75. The molecule has 1 heterocycles. The van der Waals surface area contributed by atoms with E-state index < -0.39 is 0 Å². The van der Waals surface area contributed by atoms with Crippen LogP contribution >= 0.6 is 11.8 Å². The molecular weight excluding hydrogens is 308 g/mol. The minimum absolute atomic E-state index is 0.0341. The molecule has 0 aliphatic carbocycles. The minimum Gasteiger partial charge on any atom is -0.354 e. The average Bonchev–Trinajstić information content (AvgIpc) is 2.96. The standard InChI is InChI=1S/C18H26N2O2S/c1-18(2,3)11-16(21)20-13-23-12-15(20)17(22)19-10-9-14-7-5-4-6-8-14/h4-8,15H,9-13H2,1-3H3,(H,19,22).